The van der Waals surface area contributed by atoms with Crippen LogP contribution in [0.4, 0.5) is 5.69 Å². The Morgan fingerprint density at radius 3 is 3.19 bits per heavy atom. The number of nitrogens with one attached hydrogen (secondary N) is 1. The van der Waals surface area contributed by atoms with Crippen LogP contribution < -0.4 is 10.1 Å². The third-order valence-corrected chi connectivity index (χ3v) is 2.75. The summed E-state index contributed by atoms with van der Waals surface area (Å²) < 4.78 is 5.51. The van der Waals surface area contributed by atoms with Crippen molar-refractivity contribution in [1.82, 2.24) is 0 Å². The van der Waals surface area contributed by atoms with Gasteiger partial charge in [-0.05, 0) is 42.4 Å². The molecule has 3 nitrogen and oxygen atoms in total. The van der Waals surface area contributed by atoms with Crippen molar-refractivity contribution in [1.29, 1.82) is 0 Å². The van der Waals surface area contributed by atoms with E-state index in [1.807, 2.05) is 18.2 Å². The number of fused-ring (bicyclic) bond motifs is 1. The average molecular weight is 237 g/mol. The van der Waals surface area contributed by atoms with E-state index < -0.39 is 0 Å². The first-order valence-corrected chi connectivity index (χ1v) is 6.09. The van der Waals surface area contributed by atoms with Crippen LogP contribution in [0.1, 0.15) is 18.4 Å². The predicted octanol–water partition coefficient (Wildman–Crippen LogP) is 2.27. The molecule has 0 atom stereocenters. The monoisotopic (exact) mass is 237 g/mol. The average Bonchev–Trinajstić information content (AvgIpc) is 2.29. The van der Waals surface area contributed by atoms with Crippen molar-refractivity contribution in [3.05, 3.63) is 23.8 Å². The second-order valence-electron chi connectivity index (χ2n) is 3.80. The highest BCUT2D eigenvalue weighted by Crippen LogP contribution is 2.27. The van der Waals surface area contributed by atoms with Gasteiger partial charge in [-0.3, -0.25) is 4.79 Å². The van der Waals surface area contributed by atoms with E-state index in [0.717, 1.165) is 30.9 Å². The Morgan fingerprint density at radius 2 is 2.38 bits per heavy atom. The minimum atomic E-state index is 0.00618. The summed E-state index contributed by atoms with van der Waals surface area (Å²) in [5.41, 5.74) is 2.02. The summed E-state index contributed by atoms with van der Waals surface area (Å²) in [5, 5.41) is 2.85. The maximum Gasteiger partial charge on any atom is 0.225 e. The van der Waals surface area contributed by atoms with E-state index in [-0.39, 0.29) is 5.91 Å². The lowest BCUT2D eigenvalue weighted by Crippen LogP contribution is -2.13. The molecular weight excluding hydrogens is 222 g/mol. The molecular formula is C12H15NO2S. The Balaban J connectivity index is 2.08. The number of thiol groups is 1. The second-order valence-corrected chi connectivity index (χ2v) is 4.24. The Hall–Kier alpha value is -1.16. The van der Waals surface area contributed by atoms with Crippen molar-refractivity contribution in [3.63, 3.8) is 0 Å². The van der Waals surface area contributed by atoms with Crippen LogP contribution in [0, 0.1) is 0 Å². The predicted molar refractivity (Wildman–Crippen MR) is 67.4 cm³/mol. The maximum atomic E-state index is 11.4. The normalized spacial score (nSPS) is 13.8. The SMILES string of the molecule is O=C(CCS)Nc1ccc2c(c1)CCCO2. The van der Waals surface area contributed by atoms with Crippen LogP contribution in [0.3, 0.4) is 0 Å². The quantitative estimate of drug-likeness (QED) is 0.791. The Morgan fingerprint density at radius 1 is 1.50 bits per heavy atom. The van der Waals surface area contributed by atoms with Gasteiger partial charge in [-0.25, -0.2) is 0 Å². The molecule has 0 unspecified atom stereocenters. The standard InChI is InChI=1S/C12H15NO2S/c14-12(5-7-16)13-10-3-4-11-9(8-10)2-1-6-15-11/h3-4,8,16H,1-2,5-7H2,(H,13,14). The summed E-state index contributed by atoms with van der Waals surface area (Å²) in [7, 11) is 0. The van der Waals surface area contributed by atoms with Gasteiger partial charge in [0.15, 0.2) is 0 Å². The largest absolute Gasteiger partial charge is 0.493 e. The molecule has 1 aliphatic rings. The molecule has 2 rings (SSSR count). The summed E-state index contributed by atoms with van der Waals surface area (Å²) in [6.45, 7) is 0.790. The van der Waals surface area contributed by atoms with Crippen LogP contribution >= 0.6 is 12.6 Å². The molecule has 0 bridgehead atoms. The van der Waals surface area contributed by atoms with Gasteiger partial charge < -0.3 is 10.1 Å². The number of ether oxygens (including phenoxy) is 1. The van der Waals surface area contributed by atoms with Gasteiger partial charge in [-0.15, -0.1) is 0 Å². The fourth-order valence-corrected chi connectivity index (χ4v) is 1.97. The molecule has 1 aromatic rings. The maximum absolute atomic E-state index is 11.4. The van der Waals surface area contributed by atoms with Gasteiger partial charge in [-0.1, -0.05) is 0 Å². The first-order chi connectivity index (χ1) is 7.79. The topological polar surface area (TPSA) is 38.3 Å². The van der Waals surface area contributed by atoms with Gasteiger partial charge in [0.2, 0.25) is 5.91 Å². The number of hydrogen-bond donors (Lipinski definition) is 2. The van der Waals surface area contributed by atoms with Gasteiger partial charge >= 0.3 is 0 Å². The molecule has 86 valence electrons. The minimum Gasteiger partial charge on any atom is -0.493 e. The van der Waals surface area contributed by atoms with Crippen molar-refractivity contribution in [3.8, 4) is 5.75 Å². The molecule has 1 heterocycles. The van der Waals surface area contributed by atoms with Crippen LogP contribution in [0.2, 0.25) is 0 Å². The van der Waals surface area contributed by atoms with E-state index in [9.17, 15) is 4.79 Å². The zero-order valence-electron chi connectivity index (χ0n) is 9.03. The van der Waals surface area contributed by atoms with Crippen molar-refractivity contribution in [2.75, 3.05) is 17.7 Å². The third kappa shape index (κ3) is 2.70. The van der Waals surface area contributed by atoms with E-state index in [2.05, 4.69) is 17.9 Å². The van der Waals surface area contributed by atoms with Crippen LogP contribution in [-0.2, 0) is 11.2 Å². The minimum absolute atomic E-state index is 0.00618. The van der Waals surface area contributed by atoms with Crippen LogP contribution in [-0.4, -0.2) is 18.3 Å². The third-order valence-electron chi connectivity index (χ3n) is 2.53. The molecule has 0 aromatic heterocycles. The lowest BCUT2D eigenvalue weighted by Gasteiger charge is -2.18. The smallest absolute Gasteiger partial charge is 0.225 e. The van der Waals surface area contributed by atoms with Gasteiger partial charge in [0.05, 0.1) is 6.61 Å². The molecule has 1 aromatic carbocycles. The number of rotatable bonds is 3. The lowest BCUT2D eigenvalue weighted by molar-refractivity contribution is -0.115. The number of benzene rings is 1. The van der Waals surface area contributed by atoms with E-state index in [1.165, 1.54) is 5.56 Å². The van der Waals surface area contributed by atoms with E-state index in [0.29, 0.717) is 12.2 Å². The Labute approximate surface area is 101 Å². The first-order valence-electron chi connectivity index (χ1n) is 5.46. The van der Waals surface area contributed by atoms with E-state index in [4.69, 9.17) is 4.74 Å². The van der Waals surface area contributed by atoms with Gasteiger partial charge in [0.1, 0.15) is 5.75 Å². The number of hydrogen-bond acceptors (Lipinski definition) is 3. The number of carbonyl (C=O) groups is 1. The fourth-order valence-electron chi connectivity index (χ4n) is 1.76. The molecule has 4 heteroatoms. The van der Waals surface area contributed by atoms with Crippen LogP contribution in [0.5, 0.6) is 5.75 Å². The van der Waals surface area contributed by atoms with Crippen molar-refractivity contribution >= 4 is 24.2 Å². The molecule has 0 saturated carbocycles. The highest BCUT2D eigenvalue weighted by atomic mass is 32.1. The Bertz CT molecular complexity index is 393. The van der Waals surface area contributed by atoms with Crippen molar-refractivity contribution in [2.45, 2.75) is 19.3 Å². The molecule has 16 heavy (non-hydrogen) atoms. The Kier molecular flexibility index (Phi) is 3.72. The van der Waals surface area contributed by atoms with Gasteiger partial charge in [0, 0.05) is 12.1 Å². The summed E-state index contributed by atoms with van der Waals surface area (Å²) >= 11 is 4.02. The van der Waals surface area contributed by atoms with Gasteiger partial charge in [0.25, 0.3) is 0 Å². The second kappa shape index (κ2) is 5.25. The summed E-state index contributed by atoms with van der Waals surface area (Å²) in [4.78, 5) is 11.4. The zero-order valence-corrected chi connectivity index (χ0v) is 9.93. The number of amides is 1. The van der Waals surface area contributed by atoms with E-state index in [1.54, 1.807) is 0 Å². The zero-order chi connectivity index (χ0) is 11.4. The molecule has 0 aliphatic carbocycles. The molecule has 1 amide bonds. The van der Waals surface area contributed by atoms with Crippen LogP contribution in [0.15, 0.2) is 18.2 Å². The molecule has 0 radical (unpaired) electrons. The highest BCUT2D eigenvalue weighted by Gasteiger charge is 2.11. The molecule has 0 fully saturated rings. The molecule has 0 saturated heterocycles. The number of anilines is 1. The van der Waals surface area contributed by atoms with Crippen molar-refractivity contribution < 1.29 is 9.53 Å². The summed E-state index contributed by atoms with van der Waals surface area (Å²) in [5.74, 6) is 1.52. The highest BCUT2D eigenvalue weighted by molar-refractivity contribution is 7.80. The van der Waals surface area contributed by atoms with Gasteiger partial charge in [-0.2, -0.15) is 12.6 Å². The summed E-state index contributed by atoms with van der Waals surface area (Å²) in [6, 6.07) is 5.79. The van der Waals surface area contributed by atoms with E-state index >= 15 is 0 Å². The molecule has 1 aliphatic heterocycles. The molecule has 1 N–H and O–H groups in total. The number of carbonyl (C=O) groups excluding carboxylic acids is 1. The molecule has 0 spiro atoms. The lowest BCUT2D eigenvalue weighted by atomic mass is 10.1. The number of aryl methyl sites for hydroxylation is 1. The first kappa shape index (κ1) is 11.3. The van der Waals surface area contributed by atoms with Crippen LogP contribution in [0.25, 0.3) is 0 Å². The summed E-state index contributed by atoms with van der Waals surface area (Å²) in [6.07, 6.45) is 2.50. The van der Waals surface area contributed by atoms with Crippen molar-refractivity contribution in [2.24, 2.45) is 0 Å². The fraction of sp³-hybridized carbons (Fsp3) is 0.417.